The Morgan fingerprint density at radius 3 is 2.88 bits per heavy atom. The zero-order chi connectivity index (χ0) is 18.1. The number of para-hydroxylation sites is 1. The number of aromatic nitrogens is 1. The lowest BCUT2D eigenvalue weighted by atomic mass is 10.1. The largest absolute Gasteiger partial charge is 0.454 e. The zero-order valence-electron chi connectivity index (χ0n) is 14.8. The van der Waals surface area contributed by atoms with Gasteiger partial charge in [0.15, 0.2) is 11.5 Å². The summed E-state index contributed by atoms with van der Waals surface area (Å²) in [6, 6.07) is 10.9. The number of ether oxygens (including phenoxy) is 3. The second-order valence-electron chi connectivity index (χ2n) is 6.63. The highest BCUT2D eigenvalue weighted by Crippen LogP contribution is 2.36. The molecule has 3 aromatic rings. The number of hydrogen-bond acceptors (Lipinski definition) is 4. The molecule has 1 aliphatic heterocycles. The molecule has 0 saturated heterocycles. The predicted molar refractivity (Wildman–Crippen MR) is 97.2 cm³/mol. The van der Waals surface area contributed by atoms with Crippen LogP contribution >= 0.6 is 0 Å². The van der Waals surface area contributed by atoms with Crippen molar-refractivity contribution in [2.24, 2.45) is 0 Å². The maximum absolute atomic E-state index is 12.7. The Morgan fingerprint density at radius 2 is 2.04 bits per heavy atom. The van der Waals surface area contributed by atoms with E-state index in [-0.39, 0.29) is 6.79 Å². The van der Waals surface area contributed by atoms with Crippen molar-refractivity contribution in [3.63, 3.8) is 0 Å². The Hall–Kier alpha value is -2.99. The molecule has 1 aromatic heterocycles. The number of aromatic amines is 1. The summed E-state index contributed by atoms with van der Waals surface area (Å²) in [6.45, 7) is 1.11. The van der Waals surface area contributed by atoms with E-state index in [1.807, 2.05) is 24.4 Å². The Balaban J connectivity index is 1.66. The van der Waals surface area contributed by atoms with Crippen molar-refractivity contribution in [3.05, 3.63) is 53.7 Å². The summed E-state index contributed by atoms with van der Waals surface area (Å²) in [4.78, 5) is 17.4. The molecule has 134 valence electrons. The van der Waals surface area contributed by atoms with E-state index in [1.165, 1.54) is 4.90 Å². The van der Waals surface area contributed by atoms with Crippen LogP contribution in [0.3, 0.4) is 0 Å². The third kappa shape index (κ3) is 2.99. The molecule has 1 aliphatic rings. The van der Waals surface area contributed by atoms with Gasteiger partial charge >= 0.3 is 5.97 Å². The summed E-state index contributed by atoms with van der Waals surface area (Å²) in [5.41, 5.74) is 2.46. The summed E-state index contributed by atoms with van der Waals surface area (Å²) in [5, 5.41) is 0.951. The Kier molecular flexibility index (Phi) is 4.26. The normalized spacial score (nSPS) is 12.7. The van der Waals surface area contributed by atoms with Crippen molar-refractivity contribution in [1.29, 1.82) is 0 Å². The highest BCUT2D eigenvalue weighted by molar-refractivity contribution is 5.98. The summed E-state index contributed by atoms with van der Waals surface area (Å²) < 4.78 is 16.5. The molecule has 0 amide bonds. The fraction of sp³-hybridized carbons (Fsp3) is 0.250. The average molecular weight is 353 g/mol. The van der Waals surface area contributed by atoms with Gasteiger partial charge < -0.3 is 24.1 Å². The van der Waals surface area contributed by atoms with Crippen LogP contribution in [0.1, 0.15) is 15.9 Å². The molecule has 2 heterocycles. The third-order valence-electron chi connectivity index (χ3n) is 4.46. The highest BCUT2D eigenvalue weighted by Gasteiger charge is 2.24. The second kappa shape index (κ2) is 6.72. The van der Waals surface area contributed by atoms with Gasteiger partial charge in [-0.1, -0.05) is 12.1 Å². The molecule has 26 heavy (non-hydrogen) atoms. The standard InChI is InChI=1S/C20H20N2O4/c1-22(2)10-9-13-11-21-15-6-4-7-16(18(13)15)26-20(23)14-5-3-8-17-19(14)25-12-24-17/h3-8,11,21H,9-10,12H2,1-2H3/p+1. The number of rotatable bonds is 5. The van der Waals surface area contributed by atoms with Crippen LogP contribution in [-0.2, 0) is 6.42 Å². The SMILES string of the molecule is C[NH+](C)CCc1c[nH]c2cccc(OC(=O)c3cccc4c3OCO4)c12. The van der Waals surface area contributed by atoms with Crippen molar-refractivity contribution in [2.75, 3.05) is 27.4 Å². The Bertz CT molecular complexity index is 962. The molecule has 0 radical (unpaired) electrons. The van der Waals surface area contributed by atoms with Gasteiger partial charge in [-0.05, 0) is 29.8 Å². The maximum Gasteiger partial charge on any atom is 0.347 e. The van der Waals surface area contributed by atoms with Gasteiger partial charge in [-0.15, -0.1) is 0 Å². The Labute approximate surface area is 151 Å². The van der Waals surface area contributed by atoms with Crippen LogP contribution < -0.4 is 19.1 Å². The summed E-state index contributed by atoms with van der Waals surface area (Å²) >= 11 is 0. The van der Waals surface area contributed by atoms with Crippen molar-refractivity contribution in [2.45, 2.75) is 6.42 Å². The summed E-state index contributed by atoms with van der Waals surface area (Å²) in [6.07, 6.45) is 2.89. The van der Waals surface area contributed by atoms with Gasteiger partial charge in [0.1, 0.15) is 11.3 Å². The summed E-state index contributed by atoms with van der Waals surface area (Å²) in [7, 11) is 4.24. The molecule has 6 nitrogen and oxygen atoms in total. The number of quaternary nitrogens is 1. The molecule has 0 atom stereocenters. The van der Waals surface area contributed by atoms with Crippen LogP contribution in [-0.4, -0.2) is 38.4 Å². The molecule has 2 N–H and O–H groups in total. The van der Waals surface area contributed by atoms with Gasteiger partial charge in [0.25, 0.3) is 0 Å². The fourth-order valence-electron chi connectivity index (χ4n) is 3.13. The van der Waals surface area contributed by atoms with E-state index in [0.717, 1.165) is 29.4 Å². The molecular formula is C20H21N2O4+. The number of hydrogen-bond donors (Lipinski definition) is 2. The molecule has 6 heteroatoms. The number of esters is 1. The second-order valence-corrected chi connectivity index (χ2v) is 6.63. The van der Waals surface area contributed by atoms with Crippen molar-refractivity contribution < 1.29 is 23.9 Å². The maximum atomic E-state index is 12.7. The summed E-state index contributed by atoms with van der Waals surface area (Å²) in [5.74, 6) is 1.10. The number of benzene rings is 2. The molecule has 0 aliphatic carbocycles. The molecule has 2 aromatic carbocycles. The number of likely N-dealkylation sites (N-methyl/N-ethyl adjacent to an activating group) is 1. The quantitative estimate of drug-likeness (QED) is 0.542. The predicted octanol–water partition coefficient (Wildman–Crippen LogP) is 1.80. The lowest BCUT2D eigenvalue weighted by Crippen LogP contribution is -3.05. The Morgan fingerprint density at radius 1 is 1.19 bits per heavy atom. The van der Waals surface area contributed by atoms with Crippen molar-refractivity contribution in [3.8, 4) is 17.2 Å². The molecule has 0 fully saturated rings. The van der Waals surface area contributed by atoms with E-state index < -0.39 is 5.97 Å². The molecule has 0 unspecified atom stereocenters. The van der Waals surface area contributed by atoms with Gasteiger partial charge in [-0.25, -0.2) is 4.79 Å². The lowest BCUT2D eigenvalue weighted by Gasteiger charge is -2.10. The minimum atomic E-state index is -0.453. The van der Waals surface area contributed by atoms with E-state index >= 15 is 0 Å². The monoisotopic (exact) mass is 353 g/mol. The van der Waals surface area contributed by atoms with Crippen LogP contribution in [0.2, 0.25) is 0 Å². The first kappa shape index (κ1) is 16.5. The third-order valence-corrected chi connectivity index (χ3v) is 4.46. The topological polar surface area (TPSA) is 65.0 Å². The minimum absolute atomic E-state index is 0.115. The van der Waals surface area contributed by atoms with Gasteiger partial charge in [0.05, 0.1) is 20.6 Å². The van der Waals surface area contributed by atoms with Crippen LogP contribution in [0.25, 0.3) is 10.9 Å². The highest BCUT2D eigenvalue weighted by atomic mass is 16.7. The first-order chi connectivity index (χ1) is 12.6. The van der Waals surface area contributed by atoms with Gasteiger partial charge in [0, 0.05) is 23.5 Å². The number of carbonyl (C=O) groups is 1. The van der Waals surface area contributed by atoms with Crippen molar-refractivity contribution >= 4 is 16.9 Å². The van der Waals surface area contributed by atoms with E-state index in [1.54, 1.807) is 18.2 Å². The smallest absolute Gasteiger partial charge is 0.347 e. The van der Waals surface area contributed by atoms with Crippen LogP contribution in [0.4, 0.5) is 0 Å². The number of H-pyrrole nitrogens is 1. The van der Waals surface area contributed by atoms with E-state index in [2.05, 4.69) is 19.1 Å². The zero-order valence-corrected chi connectivity index (χ0v) is 14.8. The van der Waals surface area contributed by atoms with E-state index in [0.29, 0.717) is 22.8 Å². The molecule has 4 rings (SSSR count). The number of nitrogens with one attached hydrogen (secondary N) is 2. The van der Waals surface area contributed by atoms with Gasteiger partial charge in [0.2, 0.25) is 6.79 Å². The lowest BCUT2D eigenvalue weighted by molar-refractivity contribution is -0.858. The molecular weight excluding hydrogens is 332 g/mol. The van der Waals surface area contributed by atoms with Crippen LogP contribution in [0.5, 0.6) is 17.2 Å². The van der Waals surface area contributed by atoms with Crippen LogP contribution in [0.15, 0.2) is 42.6 Å². The van der Waals surface area contributed by atoms with Gasteiger partial charge in [-0.3, -0.25) is 0 Å². The first-order valence-electron chi connectivity index (χ1n) is 8.62. The van der Waals surface area contributed by atoms with Crippen molar-refractivity contribution in [1.82, 2.24) is 4.98 Å². The first-order valence-corrected chi connectivity index (χ1v) is 8.62. The fourth-order valence-corrected chi connectivity index (χ4v) is 3.13. The van der Waals surface area contributed by atoms with E-state index in [4.69, 9.17) is 14.2 Å². The minimum Gasteiger partial charge on any atom is -0.454 e. The van der Waals surface area contributed by atoms with Gasteiger partial charge in [-0.2, -0.15) is 0 Å². The molecule has 0 bridgehead atoms. The molecule has 0 spiro atoms. The molecule has 0 saturated carbocycles. The van der Waals surface area contributed by atoms with Crippen LogP contribution in [0, 0.1) is 0 Å². The number of carbonyl (C=O) groups excluding carboxylic acids is 1. The average Bonchev–Trinajstić information content (AvgIpc) is 3.26. The van der Waals surface area contributed by atoms with E-state index in [9.17, 15) is 4.79 Å². The number of fused-ring (bicyclic) bond motifs is 2.